The van der Waals surface area contributed by atoms with Gasteiger partial charge in [-0.1, -0.05) is 74.0 Å². The van der Waals surface area contributed by atoms with Gasteiger partial charge in [0, 0.05) is 19.6 Å². The summed E-state index contributed by atoms with van der Waals surface area (Å²) >= 11 is 0. The van der Waals surface area contributed by atoms with E-state index in [0.29, 0.717) is 50.7 Å². The Balaban J connectivity index is 1.57. The molecule has 1 aliphatic rings. The van der Waals surface area contributed by atoms with Crippen molar-refractivity contribution in [3.8, 4) is 0 Å². The molecule has 1 fully saturated rings. The van der Waals surface area contributed by atoms with Gasteiger partial charge in [-0.3, -0.25) is 9.59 Å². The van der Waals surface area contributed by atoms with Crippen molar-refractivity contribution in [3.63, 3.8) is 0 Å². The van der Waals surface area contributed by atoms with Gasteiger partial charge in [-0.15, -0.1) is 10.2 Å². The Hall–Kier alpha value is -3.52. The highest BCUT2D eigenvalue weighted by atomic mass is 16.4. The van der Waals surface area contributed by atoms with Crippen LogP contribution >= 0.6 is 0 Å². The van der Waals surface area contributed by atoms with Gasteiger partial charge in [-0.25, -0.2) is 0 Å². The highest BCUT2D eigenvalue weighted by molar-refractivity contribution is 6.35. The number of carbonyl (C=O) groups is 2. The molecule has 0 radical (unpaired) electrons. The first-order valence-corrected chi connectivity index (χ1v) is 12.7. The number of unbranched alkanes of at least 4 members (excludes halogenated alkanes) is 1. The maximum atomic E-state index is 13.2. The van der Waals surface area contributed by atoms with Crippen LogP contribution in [0.25, 0.3) is 0 Å². The summed E-state index contributed by atoms with van der Waals surface area (Å²) in [5.41, 5.74) is 7.92. The van der Waals surface area contributed by atoms with E-state index in [2.05, 4.69) is 17.1 Å². The van der Waals surface area contributed by atoms with Crippen LogP contribution in [0.5, 0.6) is 0 Å². The van der Waals surface area contributed by atoms with E-state index in [1.807, 2.05) is 67.6 Å². The summed E-state index contributed by atoms with van der Waals surface area (Å²) in [7, 11) is 0. The van der Waals surface area contributed by atoms with Gasteiger partial charge in [0.2, 0.25) is 11.8 Å². The van der Waals surface area contributed by atoms with E-state index in [1.54, 1.807) is 9.80 Å². The smallest absolute Gasteiger partial charge is 0.312 e. The Morgan fingerprint density at radius 2 is 1.64 bits per heavy atom. The molecule has 36 heavy (non-hydrogen) atoms. The number of nitrogens with two attached hydrogens (primary N) is 1. The Labute approximate surface area is 212 Å². The van der Waals surface area contributed by atoms with Crippen molar-refractivity contribution in [1.29, 1.82) is 0 Å². The number of rotatable bonds is 11. The summed E-state index contributed by atoms with van der Waals surface area (Å²) in [4.78, 5) is 29.3. The quantitative estimate of drug-likeness (QED) is 0.412. The summed E-state index contributed by atoms with van der Waals surface area (Å²) in [5.74, 6) is -0.359. The molecular weight excluding hydrogens is 454 g/mol. The molecule has 3 aromatic rings. The van der Waals surface area contributed by atoms with E-state index in [9.17, 15) is 9.59 Å². The van der Waals surface area contributed by atoms with Gasteiger partial charge in [-0.2, -0.15) is 0 Å². The van der Waals surface area contributed by atoms with E-state index in [-0.39, 0.29) is 0 Å². The van der Waals surface area contributed by atoms with Crippen molar-refractivity contribution in [1.82, 2.24) is 20.0 Å². The monoisotopic (exact) mass is 489 g/mol. The van der Waals surface area contributed by atoms with Crippen molar-refractivity contribution in [2.75, 3.05) is 19.6 Å². The minimum absolute atomic E-state index is 0.312. The second-order valence-electron chi connectivity index (χ2n) is 9.71. The first kappa shape index (κ1) is 25.6. The molecule has 190 valence electrons. The van der Waals surface area contributed by atoms with E-state index >= 15 is 0 Å². The number of nitrogens with zero attached hydrogens (tertiary/aromatic N) is 4. The lowest BCUT2D eigenvalue weighted by molar-refractivity contribution is -0.158. The Morgan fingerprint density at radius 1 is 0.972 bits per heavy atom. The van der Waals surface area contributed by atoms with Gasteiger partial charge in [0.05, 0.1) is 5.54 Å². The summed E-state index contributed by atoms with van der Waals surface area (Å²) < 4.78 is 6.13. The zero-order valence-corrected chi connectivity index (χ0v) is 21.1. The Bertz CT molecular complexity index is 1150. The van der Waals surface area contributed by atoms with E-state index in [0.717, 1.165) is 24.0 Å². The molecule has 1 aliphatic heterocycles. The number of aryl methyl sites for hydroxylation is 1. The Morgan fingerprint density at radius 3 is 2.31 bits per heavy atom. The summed E-state index contributed by atoms with van der Waals surface area (Å²) in [6.45, 7) is 5.44. The lowest BCUT2D eigenvalue weighted by atomic mass is 9.94. The second kappa shape index (κ2) is 11.5. The average molecular weight is 490 g/mol. The van der Waals surface area contributed by atoms with Crippen LogP contribution in [0.4, 0.5) is 0 Å². The van der Waals surface area contributed by atoms with Crippen LogP contribution in [0.2, 0.25) is 0 Å². The molecule has 0 saturated carbocycles. The van der Waals surface area contributed by atoms with Crippen LogP contribution in [0.15, 0.2) is 65.1 Å². The molecule has 0 aliphatic carbocycles. The number of hydrogen-bond donors (Lipinski definition) is 1. The summed E-state index contributed by atoms with van der Waals surface area (Å²) in [6, 6.07) is 19.4. The predicted molar refractivity (Wildman–Crippen MR) is 137 cm³/mol. The SMILES string of the molecule is CCCCN1CCN(C(CCc2ccccc2)c2nnc([C@@](C)(N)Cc3ccccc3)o2)C(=O)C1=O. The predicted octanol–water partition coefficient (Wildman–Crippen LogP) is 3.63. The van der Waals surface area contributed by atoms with Crippen LogP contribution in [0.3, 0.4) is 0 Å². The minimum atomic E-state index is -0.880. The molecule has 2 heterocycles. The van der Waals surface area contributed by atoms with Gasteiger partial charge < -0.3 is 20.0 Å². The first-order chi connectivity index (χ1) is 17.4. The van der Waals surface area contributed by atoms with Crippen molar-refractivity contribution < 1.29 is 14.0 Å². The number of aromatic nitrogens is 2. The first-order valence-electron chi connectivity index (χ1n) is 12.7. The maximum absolute atomic E-state index is 13.2. The van der Waals surface area contributed by atoms with Gasteiger partial charge in [0.1, 0.15) is 6.04 Å². The molecule has 1 aromatic heterocycles. The number of amides is 2. The fraction of sp³-hybridized carbons (Fsp3) is 0.429. The average Bonchev–Trinajstić information content (AvgIpc) is 3.38. The summed E-state index contributed by atoms with van der Waals surface area (Å²) in [6.07, 6.45) is 3.62. The molecule has 0 bridgehead atoms. The zero-order chi connectivity index (χ0) is 25.5. The van der Waals surface area contributed by atoms with Crippen molar-refractivity contribution in [2.24, 2.45) is 5.73 Å². The van der Waals surface area contributed by atoms with Crippen molar-refractivity contribution >= 4 is 11.8 Å². The highest BCUT2D eigenvalue weighted by Gasteiger charge is 2.39. The lowest BCUT2D eigenvalue weighted by Gasteiger charge is -2.37. The standard InChI is InChI=1S/C28H35N5O3/c1-3-4-17-32-18-19-33(26(35)25(32)34)23(16-15-21-11-7-5-8-12-21)24-30-31-27(36-24)28(2,29)20-22-13-9-6-10-14-22/h5-14,23H,3-4,15-20,29H2,1-2H3/t23?,28-/m0/s1. The number of benzene rings is 2. The largest absolute Gasteiger partial charge is 0.421 e. The molecule has 8 nitrogen and oxygen atoms in total. The molecule has 1 unspecified atom stereocenters. The third kappa shape index (κ3) is 5.99. The van der Waals surface area contributed by atoms with E-state index in [1.165, 1.54) is 0 Å². The van der Waals surface area contributed by atoms with Crippen molar-refractivity contribution in [3.05, 3.63) is 83.6 Å². The normalized spacial score (nSPS) is 16.8. The molecule has 8 heteroatoms. The number of hydrogen-bond acceptors (Lipinski definition) is 6. The maximum Gasteiger partial charge on any atom is 0.312 e. The molecule has 1 saturated heterocycles. The van der Waals surface area contributed by atoms with E-state index < -0.39 is 23.4 Å². The van der Waals surface area contributed by atoms with Gasteiger partial charge in [0.25, 0.3) is 0 Å². The van der Waals surface area contributed by atoms with Gasteiger partial charge >= 0.3 is 11.8 Å². The third-order valence-corrected chi connectivity index (χ3v) is 6.68. The molecular formula is C28H35N5O3. The van der Waals surface area contributed by atoms with Crippen LogP contribution in [-0.2, 0) is 28.0 Å². The van der Waals surface area contributed by atoms with Crippen LogP contribution < -0.4 is 5.73 Å². The van der Waals surface area contributed by atoms with Crippen LogP contribution in [0.1, 0.15) is 62.1 Å². The summed E-state index contributed by atoms with van der Waals surface area (Å²) in [5, 5.41) is 8.60. The number of piperazine rings is 1. The highest BCUT2D eigenvalue weighted by Crippen LogP contribution is 2.30. The van der Waals surface area contributed by atoms with Gasteiger partial charge in [0.15, 0.2) is 0 Å². The number of carbonyl (C=O) groups excluding carboxylic acids is 2. The molecule has 2 amide bonds. The fourth-order valence-electron chi connectivity index (χ4n) is 4.61. The lowest BCUT2D eigenvalue weighted by Crippen LogP contribution is -2.55. The van der Waals surface area contributed by atoms with Crippen LogP contribution in [-0.4, -0.2) is 51.4 Å². The minimum Gasteiger partial charge on any atom is -0.421 e. The van der Waals surface area contributed by atoms with Crippen molar-refractivity contribution in [2.45, 2.75) is 57.5 Å². The molecule has 2 N–H and O–H groups in total. The fourth-order valence-corrected chi connectivity index (χ4v) is 4.61. The van der Waals surface area contributed by atoms with Gasteiger partial charge in [-0.05, 0) is 43.7 Å². The topological polar surface area (TPSA) is 106 Å². The molecule has 2 aromatic carbocycles. The molecule has 4 rings (SSSR count). The third-order valence-electron chi connectivity index (χ3n) is 6.68. The molecule has 0 spiro atoms. The second-order valence-corrected chi connectivity index (χ2v) is 9.71. The van der Waals surface area contributed by atoms with E-state index in [4.69, 9.17) is 10.2 Å². The van der Waals surface area contributed by atoms with Crippen LogP contribution in [0, 0.1) is 0 Å². The Kier molecular flexibility index (Phi) is 8.15. The zero-order valence-electron chi connectivity index (χ0n) is 21.1. The molecule has 2 atom stereocenters.